The average molecular weight is 353 g/mol. The van der Waals surface area contributed by atoms with Gasteiger partial charge in [0, 0.05) is 22.7 Å². The van der Waals surface area contributed by atoms with Crippen molar-refractivity contribution in [2.45, 2.75) is 33.2 Å². The van der Waals surface area contributed by atoms with Gasteiger partial charge in [0.25, 0.3) is 0 Å². The summed E-state index contributed by atoms with van der Waals surface area (Å²) in [6, 6.07) is 10.2. The number of carboxylic acid groups (broad SMARTS) is 1. The summed E-state index contributed by atoms with van der Waals surface area (Å²) >= 11 is 0. The summed E-state index contributed by atoms with van der Waals surface area (Å²) in [5, 5.41) is 9.41. The monoisotopic (exact) mass is 353 g/mol. The topological polar surface area (TPSA) is 59.3 Å². The Kier molecular flexibility index (Phi) is 4.18. The zero-order valence-electron chi connectivity index (χ0n) is 15.1. The molecule has 0 fully saturated rings. The molecule has 0 aliphatic rings. The summed E-state index contributed by atoms with van der Waals surface area (Å²) in [5.41, 5.74) is 1.01. The Labute approximate surface area is 150 Å². The fourth-order valence-electron chi connectivity index (χ4n) is 3.13. The molecule has 4 nitrogen and oxygen atoms in total. The van der Waals surface area contributed by atoms with E-state index in [2.05, 4.69) is 0 Å². The minimum atomic E-state index is -1.32. The van der Waals surface area contributed by atoms with Gasteiger partial charge in [0.15, 0.2) is 0 Å². The van der Waals surface area contributed by atoms with Crippen LogP contribution in [0.5, 0.6) is 0 Å². The third kappa shape index (κ3) is 2.90. The van der Waals surface area contributed by atoms with Gasteiger partial charge in [-0.05, 0) is 51.0 Å². The molecule has 5 heteroatoms. The van der Waals surface area contributed by atoms with Crippen molar-refractivity contribution in [3.63, 3.8) is 0 Å². The quantitative estimate of drug-likeness (QED) is 0.734. The van der Waals surface area contributed by atoms with E-state index >= 15 is 0 Å². The van der Waals surface area contributed by atoms with Gasteiger partial charge in [-0.3, -0.25) is 4.79 Å². The lowest BCUT2D eigenvalue weighted by molar-refractivity contribution is 0.0694. The summed E-state index contributed by atoms with van der Waals surface area (Å²) in [4.78, 5) is 24.0. The predicted octanol–water partition coefficient (Wildman–Crippen LogP) is 4.57. The maximum atomic E-state index is 14.8. The summed E-state index contributed by atoms with van der Waals surface area (Å²) in [7, 11) is 0. The molecule has 1 heterocycles. The number of rotatable bonds is 2. The highest BCUT2D eigenvalue weighted by molar-refractivity contribution is 5.94. The lowest BCUT2D eigenvalue weighted by atomic mass is 9.97. The Balaban J connectivity index is 2.47. The van der Waals surface area contributed by atoms with E-state index in [1.165, 1.54) is 6.20 Å². The van der Waals surface area contributed by atoms with Crippen LogP contribution in [0.4, 0.5) is 4.39 Å². The van der Waals surface area contributed by atoms with Gasteiger partial charge in [0.2, 0.25) is 5.43 Å². The number of hydrogen-bond donors (Lipinski definition) is 1. The Hall–Kier alpha value is -2.95. The highest BCUT2D eigenvalue weighted by atomic mass is 19.1. The second kappa shape index (κ2) is 6.09. The number of aromatic carboxylic acids is 1. The molecule has 1 N–H and O–H groups in total. The molecule has 3 rings (SSSR count). The van der Waals surface area contributed by atoms with E-state index in [-0.39, 0.29) is 10.9 Å². The second-order valence-electron chi connectivity index (χ2n) is 7.38. The minimum Gasteiger partial charge on any atom is -0.477 e. The first-order valence-electron chi connectivity index (χ1n) is 8.30. The number of halogens is 1. The van der Waals surface area contributed by atoms with Crippen molar-refractivity contribution in [1.29, 1.82) is 0 Å². The fraction of sp³-hybridized carbons (Fsp3) is 0.238. The first-order valence-corrected chi connectivity index (χ1v) is 8.30. The summed E-state index contributed by atoms with van der Waals surface area (Å²) < 4.78 is 16.5. The number of aromatic nitrogens is 1. The van der Waals surface area contributed by atoms with Crippen molar-refractivity contribution < 1.29 is 14.3 Å². The molecule has 0 radical (unpaired) electrons. The molecule has 0 aliphatic heterocycles. The van der Waals surface area contributed by atoms with Crippen LogP contribution in [0.15, 0.2) is 47.4 Å². The number of aryl methyl sites for hydroxylation is 1. The molecule has 0 saturated carbocycles. The number of hydrogen-bond acceptors (Lipinski definition) is 2. The standard InChI is InChI=1S/C21H20FNO3/c1-12-7-5-6-8-13(12)14-10-18-15(9-17(14)22)19(24)16(20(25)26)11-23(18)21(2,3)4/h5-11H,1-4H3,(H,25,26). The van der Waals surface area contributed by atoms with Gasteiger partial charge in [-0.25, -0.2) is 9.18 Å². The maximum absolute atomic E-state index is 14.8. The highest BCUT2D eigenvalue weighted by Gasteiger charge is 2.22. The lowest BCUT2D eigenvalue weighted by Crippen LogP contribution is -2.27. The molecule has 0 atom stereocenters. The van der Waals surface area contributed by atoms with Gasteiger partial charge < -0.3 is 9.67 Å². The molecular formula is C21H20FNO3. The van der Waals surface area contributed by atoms with Gasteiger partial charge in [0.05, 0.1) is 5.52 Å². The molecule has 1 aromatic heterocycles. The Morgan fingerprint density at radius 1 is 1.12 bits per heavy atom. The number of fused-ring (bicyclic) bond motifs is 1. The van der Waals surface area contributed by atoms with Crippen LogP contribution in [-0.4, -0.2) is 15.6 Å². The number of nitrogens with zero attached hydrogens (tertiary/aromatic N) is 1. The van der Waals surface area contributed by atoms with Crippen molar-refractivity contribution >= 4 is 16.9 Å². The first kappa shape index (κ1) is 17.9. The van der Waals surface area contributed by atoms with E-state index in [0.29, 0.717) is 11.1 Å². The number of benzene rings is 2. The van der Waals surface area contributed by atoms with Crippen LogP contribution in [0.1, 0.15) is 36.7 Å². The van der Waals surface area contributed by atoms with Gasteiger partial charge in [-0.15, -0.1) is 0 Å². The van der Waals surface area contributed by atoms with Gasteiger partial charge in [0.1, 0.15) is 11.4 Å². The minimum absolute atomic E-state index is 0.0645. The smallest absolute Gasteiger partial charge is 0.341 e. The Morgan fingerprint density at radius 2 is 1.77 bits per heavy atom. The summed E-state index contributed by atoms with van der Waals surface area (Å²) in [5.74, 6) is -1.87. The van der Waals surface area contributed by atoms with Gasteiger partial charge >= 0.3 is 5.97 Å². The molecular weight excluding hydrogens is 333 g/mol. The highest BCUT2D eigenvalue weighted by Crippen LogP contribution is 2.31. The fourth-order valence-corrected chi connectivity index (χ4v) is 3.13. The van der Waals surface area contributed by atoms with E-state index in [9.17, 15) is 19.1 Å². The van der Waals surface area contributed by atoms with Crippen molar-refractivity contribution in [1.82, 2.24) is 4.57 Å². The molecule has 26 heavy (non-hydrogen) atoms. The van der Waals surface area contributed by atoms with Crippen molar-refractivity contribution in [2.24, 2.45) is 0 Å². The number of carbonyl (C=O) groups is 1. The van der Waals surface area contributed by atoms with E-state index in [0.717, 1.165) is 17.2 Å². The Morgan fingerprint density at radius 3 is 2.35 bits per heavy atom. The van der Waals surface area contributed by atoms with Crippen LogP contribution < -0.4 is 5.43 Å². The molecule has 3 aromatic rings. The first-order chi connectivity index (χ1) is 12.1. The van der Waals surface area contributed by atoms with E-state index in [4.69, 9.17) is 0 Å². The third-order valence-corrected chi connectivity index (χ3v) is 4.48. The van der Waals surface area contributed by atoms with Crippen LogP contribution in [0.25, 0.3) is 22.0 Å². The van der Waals surface area contributed by atoms with Crippen molar-refractivity contribution in [3.05, 3.63) is 69.8 Å². The average Bonchev–Trinajstić information content (AvgIpc) is 2.54. The van der Waals surface area contributed by atoms with Crippen molar-refractivity contribution in [3.8, 4) is 11.1 Å². The molecule has 0 unspecified atom stereocenters. The van der Waals surface area contributed by atoms with Crippen LogP contribution in [0, 0.1) is 12.7 Å². The number of carboxylic acids is 1. The van der Waals surface area contributed by atoms with E-state index in [1.54, 1.807) is 10.6 Å². The molecule has 134 valence electrons. The Bertz CT molecular complexity index is 1090. The SMILES string of the molecule is Cc1ccccc1-c1cc2c(cc1F)c(=O)c(C(=O)O)cn2C(C)(C)C. The zero-order valence-corrected chi connectivity index (χ0v) is 15.1. The van der Waals surface area contributed by atoms with E-state index in [1.807, 2.05) is 52.0 Å². The predicted molar refractivity (Wildman–Crippen MR) is 100 cm³/mol. The number of pyridine rings is 1. The van der Waals surface area contributed by atoms with Crippen LogP contribution >= 0.6 is 0 Å². The second-order valence-corrected chi connectivity index (χ2v) is 7.38. The third-order valence-electron chi connectivity index (χ3n) is 4.48. The molecule has 0 saturated heterocycles. The molecule has 0 bridgehead atoms. The van der Waals surface area contributed by atoms with Gasteiger partial charge in [-0.1, -0.05) is 24.3 Å². The zero-order chi connectivity index (χ0) is 19.2. The summed E-state index contributed by atoms with van der Waals surface area (Å²) in [6.07, 6.45) is 1.34. The normalized spacial score (nSPS) is 11.7. The molecule has 0 amide bonds. The van der Waals surface area contributed by atoms with Crippen molar-refractivity contribution in [2.75, 3.05) is 0 Å². The molecule has 2 aromatic carbocycles. The molecule has 0 aliphatic carbocycles. The van der Waals surface area contributed by atoms with Crippen LogP contribution in [0.2, 0.25) is 0 Å². The maximum Gasteiger partial charge on any atom is 0.341 e. The largest absolute Gasteiger partial charge is 0.477 e. The van der Waals surface area contributed by atoms with Gasteiger partial charge in [-0.2, -0.15) is 0 Å². The molecule has 0 spiro atoms. The van der Waals surface area contributed by atoms with E-state index < -0.39 is 22.8 Å². The van der Waals surface area contributed by atoms with Crippen LogP contribution in [-0.2, 0) is 5.54 Å². The summed E-state index contributed by atoms with van der Waals surface area (Å²) in [6.45, 7) is 7.60. The van der Waals surface area contributed by atoms with Crippen LogP contribution in [0.3, 0.4) is 0 Å². The lowest BCUT2D eigenvalue weighted by Gasteiger charge is -2.26.